The number of rotatable bonds is 2. The van der Waals surface area contributed by atoms with E-state index >= 15 is 0 Å². The minimum absolute atomic E-state index is 0.375. The van der Waals surface area contributed by atoms with Gasteiger partial charge in [-0.25, -0.2) is 4.39 Å². The molecule has 2 aromatic carbocycles. The predicted octanol–water partition coefficient (Wildman–Crippen LogP) is 5.01. The van der Waals surface area contributed by atoms with Crippen LogP contribution in [0.3, 0.4) is 0 Å². The zero-order valence-electron chi connectivity index (χ0n) is 11.4. The van der Waals surface area contributed by atoms with E-state index in [1.165, 1.54) is 24.3 Å². The lowest BCUT2D eigenvalue weighted by molar-refractivity contribution is -0.137. The molecule has 1 aliphatic heterocycles. The van der Waals surface area contributed by atoms with Crippen molar-refractivity contribution in [3.8, 4) is 0 Å². The molecule has 0 aliphatic carbocycles. The zero-order chi connectivity index (χ0) is 15.9. The minimum atomic E-state index is -4.33. The van der Waals surface area contributed by atoms with Gasteiger partial charge in [0.05, 0.1) is 5.56 Å². The fraction of sp³-hybridized carbons (Fsp3) is 0.250. The SMILES string of the molecule is Fc1cc(Cl)c2c(c1)CN(Cc1ccc(C(F)(F)F)cc1)C2. The lowest BCUT2D eigenvalue weighted by Crippen LogP contribution is -2.15. The van der Waals surface area contributed by atoms with Crippen molar-refractivity contribution in [2.24, 2.45) is 0 Å². The fourth-order valence-electron chi connectivity index (χ4n) is 2.66. The van der Waals surface area contributed by atoms with Crippen molar-refractivity contribution < 1.29 is 17.6 Å². The highest BCUT2D eigenvalue weighted by atomic mass is 35.5. The monoisotopic (exact) mass is 329 g/mol. The number of hydrogen-bond acceptors (Lipinski definition) is 1. The van der Waals surface area contributed by atoms with Gasteiger partial charge in [0.15, 0.2) is 0 Å². The molecule has 0 radical (unpaired) electrons. The van der Waals surface area contributed by atoms with E-state index in [1.54, 1.807) is 0 Å². The van der Waals surface area contributed by atoms with Gasteiger partial charge in [0, 0.05) is 24.7 Å². The van der Waals surface area contributed by atoms with Crippen LogP contribution in [0.4, 0.5) is 17.6 Å². The Labute approximate surface area is 130 Å². The van der Waals surface area contributed by atoms with Crippen molar-refractivity contribution in [1.29, 1.82) is 0 Å². The number of benzene rings is 2. The van der Waals surface area contributed by atoms with Crippen LogP contribution >= 0.6 is 11.6 Å². The molecule has 6 heteroatoms. The first kappa shape index (κ1) is 15.3. The van der Waals surface area contributed by atoms with Crippen molar-refractivity contribution >= 4 is 11.6 Å². The van der Waals surface area contributed by atoms with E-state index in [9.17, 15) is 17.6 Å². The Bertz CT molecular complexity index is 695. The van der Waals surface area contributed by atoms with Crippen LogP contribution in [0.25, 0.3) is 0 Å². The second kappa shape index (κ2) is 5.56. The second-order valence-corrected chi connectivity index (χ2v) is 5.77. The number of fused-ring (bicyclic) bond motifs is 1. The summed E-state index contributed by atoms with van der Waals surface area (Å²) < 4.78 is 50.9. The molecule has 1 aliphatic rings. The van der Waals surface area contributed by atoms with Gasteiger partial charge in [-0.05, 0) is 41.0 Å². The fourth-order valence-corrected chi connectivity index (χ4v) is 2.95. The summed E-state index contributed by atoms with van der Waals surface area (Å²) in [6.07, 6.45) is -4.33. The van der Waals surface area contributed by atoms with Gasteiger partial charge < -0.3 is 0 Å². The number of alkyl halides is 3. The van der Waals surface area contributed by atoms with Gasteiger partial charge in [0.25, 0.3) is 0 Å². The quantitative estimate of drug-likeness (QED) is 0.700. The molecule has 0 N–H and O–H groups in total. The Morgan fingerprint density at radius 3 is 2.36 bits per heavy atom. The molecule has 0 saturated heterocycles. The summed E-state index contributed by atoms with van der Waals surface area (Å²) in [5, 5.41) is 0.393. The van der Waals surface area contributed by atoms with Crippen LogP contribution in [0.1, 0.15) is 22.3 Å². The van der Waals surface area contributed by atoms with Crippen molar-refractivity contribution in [2.75, 3.05) is 0 Å². The van der Waals surface area contributed by atoms with Crippen molar-refractivity contribution in [3.63, 3.8) is 0 Å². The second-order valence-electron chi connectivity index (χ2n) is 5.37. The zero-order valence-corrected chi connectivity index (χ0v) is 12.2. The Morgan fingerprint density at radius 1 is 1.05 bits per heavy atom. The average molecular weight is 330 g/mol. The van der Waals surface area contributed by atoms with Crippen LogP contribution in [0.2, 0.25) is 5.02 Å². The van der Waals surface area contributed by atoms with Crippen molar-refractivity contribution in [1.82, 2.24) is 4.90 Å². The van der Waals surface area contributed by atoms with E-state index in [-0.39, 0.29) is 5.82 Å². The molecule has 3 rings (SSSR count). The van der Waals surface area contributed by atoms with E-state index in [1.807, 2.05) is 4.90 Å². The van der Waals surface area contributed by atoms with Gasteiger partial charge in [-0.1, -0.05) is 23.7 Å². The van der Waals surface area contributed by atoms with Crippen LogP contribution in [-0.4, -0.2) is 4.90 Å². The molecule has 116 valence electrons. The first-order chi connectivity index (χ1) is 10.3. The van der Waals surface area contributed by atoms with Crippen LogP contribution in [-0.2, 0) is 25.8 Å². The minimum Gasteiger partial charge on any atom is -0.291 e. The standard InChI is InChI=1S/C16H12ClF4N/c17-15-6-13(18)5-11-8-22(9-14(11)15)7-10-1-3-12(4-2-10)16(19,20)21/h1-6H,7-9H2. The molecule has 0 unspecified atom stereocenters. The molecule has 1 nitrogen and oxygen atoms in total. The van der Waals surface area contributed by atoms with Crippen molar-refractivity contribution in [3.05, 3.63) is 69.5 Å². The van der Waals surface area contributed by atoms with E-state index < -0.39 is 11.7 Å². The predicted molar refractivity (Wildman–Crippen MR) is 75.8 cm³/mol. The Hall–Kier alpha value is -1.59. The Kier molecular flexibility index (Phi) is 3.87. The maximum absolute atomic E-state index is 13.3. The molecule has 0 atom stereocenters. The summed E-state index contributed by atoms with van der Waals surface area (Å²) in [7, 11) is 0. The molecule has 0 aromatic heterocycles. The maximum atomic E-state index is 13.3. The maximum Gasteiger partial charge on any atom is 0.416 e. The highest BCUT2D eigenvalue weighted by molar-refractivity contribution is 6.31. The van der Waals surface area contributed by atoms with E-state index in [0.29, 0.717) is 24.7 Å². The first-order valence-electron chi connectivity index (χ1n) is 6.68. The highest BCUT2D eigenvalue weighted by Crippen LogP contribution is 2.32. The molecule has 0 fully saturated rings. The largest absolute Gasteiger partial charge is 0.416 e. The summed E-state index contributed by atoms with van der Waals surface area (Å²) in [6.45, 7) is 1.59. The summed E-state index contributed by atoms with van der Waals surface area (Å²) in [6, 6.07) is 7.81. The number of nitrogens with zero attached hydrogens (tertiary/aromatic N) is 1. The molecule has 0 bridgehead atoms. The van der Waals surface area contributed by atoms with Crippen LogP contribution in [0.5, 0.6) is 0 Å². The normalized spacial score (nSPS) is 15.1. The summed E-state index contributed by atoms with van der Waals surface area (Å²) in [5.74, 6) is -0.375. The van der Waals surface area contributed by atoms with Gasteiger partial charge >= 0.3 is 6.18 Å². The average Bonchev–Trinajstić information content (AvgIpc) is 2.81. The lowest BCUT2D eigenvalue weighted by atomic mass is 10.1. The van der Waals surface area contributed by atoms with E-state index in [0.717, 1.165) is 28.8 Å². The smallest absolute Gasteiger partial charge is 0.291 e. The van der Waals surface area contributed by atoms with Crippen LogP contribution in [0.15, 0.2) is 36.4 Å². The Morgan fingerprint density at radius 2 is 1.73 bits per heavy atom. The Balaban J connectivity index is 1.72. The third-order valence-corrected chi connectivity index (χ3v) is 4.05. The number of halogens is 5. The third-order valence-electron chi connectivity index (χ3n) is 3.72. The van der Waals surface area contributed by atoms with E-state index in [4.69, 9.17) is 11.6 Å². The molecule has 0 spiro atoms. The summed E-state index contributed by atoms with van der Waals surface area (Å²) >= 11 is 6.02. The first-order valence-corrected chi connectivity index (χ1v) is 7.06. The molecule has 22 heavy (non-hydrogen) atoms. The molecule has 2 aromatic rings. The molecule has 1 heterocycles. The lowest BCUT2D eigenvalue weighted by Gasteiger charge is -2.15. The topological polar surface area (TPSA) is 3.24 Å². The van der Waals surface area contributed by atoms with Crippen molar-refractivity contribution in [2.45, 2.75) is 25.8 Å². The van der Waals surface area contributed by atoms with E-state index in [2.05, 4.69) is 0 Å². The molecule has 0 amide bonds. The molecule has 0 saturated carbocycles. The summed E-state index contributed by atoms with van der Waals surface area (Å²) in [4.78, 5) is 2.01. The van der Waals surface area contributed by atoms with Gasteiger partial charge in [-0.2, -0.15) is 13.2 Å². The summed E-state index contributed by atoms with van der Waals surface area (Å²) in [5.41, 5.74) is 1.83. The van der Waals surface area contributed by atoms with Crippen LogP contribution in [0, 0.1) is 5.82 Å². The van der Waals surface area contributed by atoms with Crippen LogP contribution < -0.4 is 0 Å². The van der Waals surface area contributed by atoms with Gasteiger partial charge in [0.2, 0.25) is 0 Å². The highest BCUT2D eigenvalue weighted by Gasteiger charge is 2.30. The number of hydrogen-bond donors (Lipinski definition) is 0. The van der Waals surface area contributed by atoms with Gasteiger partial charge in [-0.3, -0.25) is 4.90 Å². The van der Waals surface area contributed by atoms with Gasteiger partial charge in [-0.15, -0.1) is 0 Å². The third kappa shape index (κ3) is 3.10. The molecular formula is C16H12ClF4N. The molecular weight excluding hydrogens is 318 g/mol. The van der Waals surface area contributed by atoms with Gasteiger partial charge in [0.1, 0.15) is 5.82 Å².